The van der Waals surface area contributed by atoms with E-state index in [4.69, 9.17) is 0 Å². The largest absolute Gasteiger partial charge is 0.369 e. The van der Waals surface area contributed by atoms with Gasteiger partial charge in [-0.05, 0) is 15.9 Å². The van der Waals surface area contributed by atoms with Crippen LogP contribution < -0.4 is 5.32 Å². The van der Waals surface area contributed by atoms with Gasteiger partial charge in [0.25, 0.3) is 0 Å². The number of aromatic nitrogens is 5. The van der Waals surface area contributed by atoms with Crippen molar-refractivity contribution in [2.45, 2.75) is 32.6 Å². The van der Waals surface area contributed by atoms with Crippen molar-refractivity contribution in [3.63, 3.8) is 0 Å². The maximum atomic E-state index is 4.55. The van der Waals surface area contributed by atoms with E-state index in [0.717, 1.165) is 35.0 Å². The average Bonchev–Trinajstić information content (AvgIpc) is 2.73. The summed E-state index contributed by atoms with van der Waals surface area (Å²) in [6.45, 7) is 7.04. The summed E-state index contributed by atoms with van der Waals surface area (Å²) in [4.78, 5) is 8.97. The smallest absolute Gasteiger partial charge is 0.137 e. The highest BCUT2D eigenvalue weighted by atomic mass is 79.9. The molecule has 0 fully saturated rings. The molecule has 0 unspecified atom stereocenters. The van der Waals surface area contributed by atoms with Gasteiger partial charge >= 0.3 is 0 Å². The van der Waals surface area contributed by atoms with E-state index in [1.54, 1.807) is 6.33 Å². The van der Waals surface area contributed by atoms with Crippen LogP contribution in [0.1, 0.15) is 32.4 Å². The third-order valence-electron chi connectivity index (χ3n) is 2.83. The number of anilines is 1. The van der Waals surface area contributed by atoms with E-state index in [2.05, 4.69) is 62.2 Å². The molecule has 0 aliphatic carbocycles. The van der Waals surface area contributed by atoms with Gasteiger partial charge in [0.2, 0.25) is 0 Å². The molecule has 20 heavy (non-hydrogen) atoms. The standard InChI is InChI=1S/C13H19BrN6/c1-13(2,3)12-17-9(14)7-10(18-12)15-6-5-11-19-16-8-20(11)4/h7-8H,5-6H2,1-4H3,(H,15,17,18). The van der Waals surface area contributed by atoms with Gasteiger partial charge in [-0.25, -0.2) is 9.97 Å². The lowest BCUT2D eigenvalue weighted by molar-refractivity contribution is 0.544. The van der Waals surface area contributed by atoms with Gasteiger partial charge in [0.15, 0.2) is 0 Å². The Morgan fingerprint density at radius 2 is 2.05 bits per heavy atom. The van der Waals surface area contributed by atoms with Crippen molar-refractivity contribution in [1.29, 1.82) is 0 Å². The summed E-state index contributed by atoms with van der Waals surface area (Å²) in [6.07, 6.45) is 2.50. The van der Waals surface area contributed by atoms with Crippen molar-refractivity contribution >= 4 is 21.7 Å². The van der Waals surface area contributed by atoms with E-state index in [9.17, 15) is 0 Å². The molecule has 2 aromatic rings. The predicted molar refractivity (Wildman–Crippen MR) is 81.6 cm³/mol. The topological polar surface area (TPSA) is 68.5 Å². The lowest BCUT2D eigenvalue weighted by Crippen LogP contribution is -2.18. The molecule has 0 aromatic carbocycles. The van der Waals surface area contributed by atoms with Crippen molar-refractivity contribution in [1.82, 2.24) is 24.7 Å². The van der Waals surface area contributed by atoms with Crippen LogP contribution in [-0.4, -0.2) is 31.3 Å². The lowest BCUT2D eigenvalue weighted by Gasteiger charge is -2.17. The first kappa shape index (κ1) is 14.9. The van der Waals surface area contributed by atoms with Crippen LogP contribution in [0.5, 0.6) is 0 Å². The molecule has 0 aliphatic heterocycles. The minimum absolute atomic E-state index is 0.0796. The highest BCUT2D eigenvalue weighted by Gasteiger charge is 2.18. The molecule has 0 saturated heterocycles. The fourth-order valence-electron chi connectivity index (χ4n) is 1.68. The first-order chi connectivity index (χ1) is 9.36. The van der Waals surface area contributed by atoms with Gasteiger partial charge in [-0.2, -0.15) is 0 Å². The second-order valence-corrected chi connectivity index (χ2v) is 6.50. The van der Waals surface area contributed by atoms with Crippen molar-refractivity contribution in [3.8, 4) is 0 Å². The molecule has 0 bridgehead atoms. The van der Waals surface area contributed by atoms with Crippen LogP contribution in [-0.2, 0) is 18.9 Å². The molecule has 7 heteroatoms. The Morgan fingerprint density at radius 3 is 2.65 bits per heavy atom. The molecule has 0 atom stereocenters. The molecule has 1 N–H and O–H groups in total. The first-order valence-corrected chi connectivity index (χ1v) is 7.27. The van der Waals surface area contributed by atoms with Gasteiger partial charge in [0.05, 0.1) is 0 Å². The van der Waals surface area contributed by atoms with E-state index in [-0.39, 0.29) is 5.41 Å². The fraction of sp³-hybridized carbons (Fsp3) is 0.538. The molecule has 2 heterocycles. The molecule has 0 amide bonds. The molecule has 2 aromatic heterocycles. The van der Waals surface area contributed by atoms with Gasteiger partial charge in [-0.15, -0.1) is 10.2 Å². The minimum Gasteiger partial charge on any atom is -0.369 e. The molecule has 0 radical (unpaired) electrons. The first-order valence-electron chi connectivity index (χ1n) is 6.48. The highest BCUT2D eigenvalue weighted by Crippen LogP contribution is 2.22. The summed E-state index contributed by atoms with van der Waals surface area (Å²) >= 11 is 3.43. The van der Waals surface area contributed by atoms with Gasteiger partial charge in [0, 0.05) is 31.5 Å². The Hall–Kier alpha value is -1.50. The fourth-order valence-corrected chi connectivity index (χ4v) is 2.06. The Kier molecular flexibility index (Phi) is 4.37. The van der Waals surface area contributed by atoms with Crippen LogP contribution in [0.25, 0.3) is 0 Å². The predicted octanol–water partition coefficient (Wildman–Crippen LogP) is 2.32. The molecule has 108 valence electrons. The van der Waals surface area contributed by atoms with Crippen LogP contribution in [0.4, 0.5) is 5.82 Å². The Bertz CT molecular complexity index is 587. The number of aryl methyl sites for hydroxylation is 1. The quantitative estimate of drug-likeness (QED) is 0.866. The number of rotatable bonds is 4. The SMILES string of the molecule is Cn1cnnc1CCNc1cc(Br)nc(C(C)(C)C)n1. The van der Waals surface area contributed by atoms with Crippen molar-refractivity contribution in [2.24, 2.45) is 7.05 Å². The summed E-state index contributed by atoms with van der Waals surface area (Å²) in [5.74, 6) is 2.58. The number of hydrogen-bond acceptors (Lipinski definition) is 5. The number of hydrogen-bond donors (Lipinski definition) is 1. The van der Waals surface area contributed by atoms with Gasteiger partial charge < -0.3 is 9.88 Å². The maximum Gasteiger partial charge on any atom is 0.137 e. The molecular formula is C13H19BrN6. The van der Waals surface area contributed by atoms with Gasteiger partial charge in [-0.1, -0.05) is 20.8 Å². The van der Waals surface area contributed by atoms with Crippen LogP contribution in [0.3, 0.4) is 0 Å². The van der Waals surface area contributed by atoms with Crippen LogP contribution in [0.2, 0.25) is 0 Å². The normalized spacial score (nSPS) is 11.7. The van der Waals surface area contributed by atoms with Gasteiger partial charge in [0.1, 0.15) is 28.4 Å². The van der Waals surface area contributed by atoms with Crippen LogP contribution in [0, 0.1) is 0 Å². The molecule has 2 rings (SSSR count). The van der Waals surface area contributed by atoms with E-state index < -0.39 is 0 Å². The van der Waals surface area contributed by atoms with Crippen molar-refractivity contribution in [2.75, 3.05) is 11.9 Å². The van der Waals surface area contributed by atoms with Crippen molar-refractivity contribution < 1.29 is 0 Å². The second-order valence-electron chi connectivity index (χ2n) is 5.68. The molecule has 6 nitrogen and oxygen atoms in total. The molecule has 0 spiro atoms. The molecular weight excluding hydrogens is 320 g/mol. The van der Waals surface area contributed by atoms with Crippen LogP contribution in [0.15, 0.2) is 17.0 Å². The Balaban J connectivity index is 2.03. The Labute approximate surface area is 127 Å². The van der Waals surface area contributed by atoms with Crippen LogP contribution >= 0.6 is 15.9 Å². The molecule has 0 aliphatic rings. The number of nitrogens with one attached hydrogen (secondary N) is 1. The monoisotopic (exact) mass is 338 g/mol. The number of nitrogens with zero attached hydrogens (tertiary/aromatic N) is 5. The molecule has 0 saturated carbocycles. The van der Waals surface area contributed by atoms with E-state index in [1.807, 2.05) is 17.7 Å². The maximum absolute atomic E-state index is 4.55. The highest BCUT2D eigenvalue weighted by molar-refractivity contribution is 9.10. The Morgan fingerprint density at radius 1 is 1.30 bits per heavy atom. The number of halogens is 1. The zero-order valence-corrected chi connectivity index (χ0v) is 13.8. The lowest BCUT2D eigenvalue weighted by atomic mass is 9.96. The zero-order valence-electron chi connectivity index (χ0n) is 12.2. The van der Waals surface area contributed by atoms with E-state index >= 15 is 0 Å². The van der Waals surface area contributed by atoms with E-state index in [1.165, 1.54) is 0 Å². The third kappa shape index (κ3) is 3.75. The second kappa shape index (κ2) is 5.87. The zero-order chi connectivity index (χ0) is 14.8. The average molecular weight is 339 g/mol. The minimum atomic E-state index is -0.0796. The third-order valence-corrected chi connectivity index (χ3v) is 3.23. The summed E-state index contributed by atoms with van der Waals surface area (Å²) in [5.41, 5.74) is -0.0796. The summed E-state index contributed by atoms with van der Waals surface area (Å²) < 4.78 is 2.71. The summed E-state index contributed by atoms with van der Waals surface area (Å²) in [7, 11) is 1.94. The van der Waals surface area contributed by atoms with E-state index in [0.29, 0.717) is 0 Å². The summed E-state index contributed by atoms with van der Waals surface area (Å²) in [6, 6.07) is 1.88. The van der Waals surface area contributed by atoms with Crippen molar-refractivity contribution in [3.05, 3.63) is 28.6 Å². The summed E-state index contributed by atoms with van der Waals surface area (Å²) in [5, 5.41) is 11.2. The van der Waals surface area contributed by atoms with Gasteiger partial charge in [-0.3, -0.25) is 0 Å².